The summed E-state index contributed by atoms with van der Waals surface area (Å²) >= 11 is 0. The van der Waals surface area contributed by atoms with Crippen LogP contribution in [0.2, 0.25) is 0 Å². The first-order chi connectivity index (χ1) is 13.2. The number of esters is 2. The number of rotatable bonds is 12. The number of ether oxygens (including phenoxy) is 2. The summed E-state index contributed by atoms with van der Waals surface area (Å²) in [5.74, 6) is 2.28. The molecule has 4 heteroatoms. The van der Waals surface area contributed by atoms with Crippen molar-refractivity contribution in [3.05, 3.63) is 0 Å². The van der Waals surface area contributed by atoms with Crippen molar-refractivity contribution >= 4 is 11.9 Å². The Morgan fingerprint density at radius 1 is 0.679 bits per heavy atom. The second-order valence-electron chi connectivity index (χ2n) is 9.93. The molecule has 0 aromatic heterocycles. The van der Waals surface area contributed by atoms with Gasteiger partial charge in [0.2, 0.25) is 0 Å². The van der Waals surface area contributed by atoms with Gasteiger partial charge in [-0.15, -0.1) is 0 Å². The minimum Gasteiger partial charge on any atom is -0.465 e. The van der Waals surface area contributed by atoms with Crippen LogP contribution in [-0.4, -0.2) is 25.2 Å². The molecule has 0 heterocycles. The maximum absolute atomic E-state index is 12.3. The molecule has 2 atom stereocenters. The Balaban J connectivity index is 2.19. The molecule has 1 fully saturated rings. The summed E-state index contributed by atoms with van der Waals surface area (Å²) in [5, 5.41) is 0. The first-order valence-electron chi connectivity index (χ1n) is 11.5. The van der Waals surface area contributed by atoms with Crippen molar-refractivity contribution in [3.8, 4) is 0 Å². The predicted octanol–water partition coefficient (Wildman–Crippen LogP) is 6.02. The van der Waals surface area contributed by atoms with Gasteiger partial charge in [0.25, 0.3) is 0 Å². The van der Waals surface area contributed by atoms with Crippen molar-refractivity contribution in [2.75, 3.05) is 13.2 Å². The fourth-order valence-electron chi connectivity index (χ4n) is 4.37. The van der Waals surface area contributed by atoms with Gasteiger partial charge in [-0.1, -0.05) is 41.5 Å². The van der Waals surface area contributed by atoms with Crippen LogP contribution in [-0.2, 0) is 19.1 Å². The van der Waals surface area contributed by atoms with Gasteiger partial charge >= 0.3 is 11.9 Å². The minimum absolute atomic E-state index is 0.0458. The largest absolute Gasteiger partial charge is 0.465 e. The summed E-state index contributed by atoms with van der Waals surface area (Å²) < 4.78 is 11.0. The van der Waals surface area contributed by atoms with E-state index in [0.717, 1.165) is 38.5 Å². The van der Waals surface area contributed by atoms with Crippen molar-refractivity contribution in [2.24, 2.45) is 35.5 Å². The Morgan fingerprint density at radius 2 is 1.00 bits per heavy atom. The Hall–Kier alpha value is -1.06. The molecule has 1 aliphatic carbocycles. The Bertz CT molecular complexity index is 408. The van der Waals surface area contributed by atoms with E-state index in [9.17, 15) is 9.59 Å². The van der Waals surface area contributed by atoms with Crippen molar-refractivity contribution in [3.63, 3.8) is 0 Å². The molecule has 0 radical (unpaired) electrons. The van der Waals surface area contributed by atoms with E-state index in [-0.39, 0.29) is 23.8 Å². The Morgan fingerprint density at radius 3 is 1.29 bits per heavy atom. The zero-order valence-electron chi connectivity index (χ0n) is 19.2. The lowest BCUT2D eigenvalue weighted by Crippen LogP contribution is -2.29. The van der Waals surface area contributed by atoms with Gasteiger partial charge < -0.3 is 9.47 Å². The number of carbonyl (C=O) groups is 2. The summed E-state index contributed by atoms with van der Waals surface area (Å²) in [7, 11) is 0. The molecule has 0 spiro atoms. The molecule has 164 valence electrons. The van der Waals surface area contributed by atoms with Crippen LogP contribution in [0.3, 0.4) is 0 Å². The van der Waals surface area contributed by atoms with E-state index >= 15 is 0 Å². The van der Waals surface area contributed by atoms with Gasteiger partial charge in [-0.3, -0.25) is 9.59 Å². The van der Waals surface area contributed by atoms with Gasteiger partial charge in [-0.25, -0.2) is 0 Å². The highest BCUT2D eigenvalue weighted by atomic mass is 16.5. The molecule has 1 rings (SSSR count). The lowest BCUT2D eigenvalue weighted by molar-refractivity contribution is -0.155. The van der Waals surface area contributed by atoms with Crippen LogP contribution in [0.15, 0.2) is 0 Å². The third kappa shape index (κ3) is 10.5. The second-order valence-corrected chi connectivity index (χ2v) is 9.93. The number of hydrogen-bond acceptors (Lipinski definition) is 4. The van der Waals surface area contributed by atoms with Crippen LogP contribution in [0.4, 0.5) is 0 Å². The summed E-state index contributed by atoms with van der Waals surface area (Å²) in [5.41, 5.74) is 0. The summed E-state index contributed by atoms with van der Waals surface area (Å²) in [6.45, 7) is 14.3. The van der Waals surface area contributed by atoms with E-state index in [1.165, 1.54) is 12.8 Å². The highest BCUT2D eigenvalue weighted by Gasteiger charge is 2.31. The monoisotopic (exact) mass is 396 g/mol. The van der Waals surface area contributed by atoms with Crippen LogP contribution < -0.4 is 0 Å². The van der Waals surface area contributed by atoms with Gasteiger partial charge in [-0.2, -0.15) is 0 Å². The standard InChI is InChI=1S/C24H44O4/c1-17(2)15-19(5)11-13-27-23(25)21-7-9-22(10-8-21)24(26)28-14-12-20(6)16-18(3)4/h17-22H,7-16H2,1-6H3. The van der Waals surface area contributed by atoms with Crippen molar-refractivity contribution in [1.82, 2.24) is 0 Å². The molecule has 0 aliphatic heterocycles. The van der Waals surface area contributed by atoms with Crippen molar-refractivity contribution in [2.45, 2.75) is 92.9 Å². The lowest BCUT2D eigenvalue weighted by Gasteiger charge is -2.26. The smallest absolute Gasteiger partial charge is 0.308 e. The van der Waals surface area contributed by atoms with Gasteiger partial charge in [0.05, 0.1) is 25.0 Å². The average molecular weight is 397 g/mol. The highest BCUT2D eigenvalue weighted by Crippen LogP contribution is 2.30. The molecule has 1 aliphatic rings. The third-order valence-corrected chi connectivity index (χ3v) is 5.85. The third-order valence-electron chi connectivity index (χ3n) is 5.85. The lowest BCUT2D eigenvalue weighted by atomic mass is 9.82. The van der Waals surface area contributed by atoms with Gasteiger partial charge in [-0.05, 0) is 75.0 Å². The second kappa shape index (κ2) is 13.2. The van der Waals surface area contributed by atoms with E-state index in [2.05, 4.69) is 41.5 Å². The van der Waals surface area contributed by atoms with Crippen molar-refractivity contribution < 1.29 is 19.1 Å². The minimum atomic E-state index is -0.0777. The molecular weight excluding hydrogens is 352 g/mol. The normalized spacial score (nSPS) is 22.1. The molecule has 0 N–H and O–H groups in total. The van der Waals surface area contributed by atoms with Crippen LogP contribution in [0, 0.1) is 35.5 Å². The SMILES string of the molecule is CC(C)CC(C)CCOC(=O)C1CCC(C(=O)OCCC(C)CC(C)C)CC1. The molecule has 0 amide bonds. The molecule has 4 nitrogen and oxygen atoms in total. The highest BCUT2D eigenvalue weighted by molar-refractivity contribution is 5.75. The van der Waals surface area contributed by atoms with Gasteiger partial charge in [0.15, 0.2) is 0 Å². The molecule has 0 bridgehead atoms. The van der Waals surface area contributed by atoms with Gasteiger partial charge in [0.1, 0.15) is 0 Å². The molecular formula is C24H44O4. The predicted molar refractivity (Wildman–Crippen MR) is 114 cm³/mol. The fraction of sp³-hybridized carbons (Fsp3) is 0.917. The molecule has 0 saturated heterocycles. The van der Waals surface area contributed by atoms with E-state index in [4.69, 9.17) is 9.47 Å². The first-order valence-corrected chi connectivity index (χ1v) is 11.5. The summed E-state index contributed by atoms with van der Waals surface area (Å²) in [6.07, 6.45) is 7.16. The van der Waals surface area contributed by atoms with Crippen LogP contribution in [0.25, 0.3) is 0 Å². The first kappa shape index (κ1) is 25.0. The van der Waals surface area contributed by atoms with Crippen molar-refractivity contribution in [1.29, 1.82) is 0 Å². The zero-order chi connectivity index (χ0) is 21.1. The maximum Gasteiger partial charge on any atom is 0.308 e. The van der Waals surface area contributed by atoms with Gasteiger partial charge in [0, 0.05) is 0 Å². The summed E-state index contributed by atoms with van der Waals surface area (Å²) in [4.78, 5) is 24.5. The quantitative estimate of drug-likeness (QED) is 0.378. The summed E-state index contributed by atoms with van der Waals surface area (Å²) in [6, 6.07) is 0. The number of carbonyl (C=O) groups excluding carboxylic acids is 2. The van der Waals surface area contributed by atoms with Crippen LogP contribution in [0.5, 0.6) is 0 Å². The molecule has 0 aromatic rings. The molecule has 0 aromatic carbocycles. The van der Waals surface area contributed by atoms with Crippen LogP contribution in [0.1, 0.15) is 92.9 Å². The fourth-order valence-corrected chi connectivity index (χ4v) is 4.37. The Kier molecular flexibility index (Phi) is 11.8. The van der Waals surface area contributed by atoms with E-state index in [1.54, 1.807) is 0 Å². The zero-order valence-corrected chi connectivity index (χ0v) is 19.2. The van der Waals surface area contributed by atoms with Crippen LogP contribution >= 0.6 is 0 Å². The average Bonchev–Trinajstić information content (AvgIpc) is 2.60. The number of hydrogen-bond donors (Lipinski definition) is 0. The van der Waals surface area contributed by atoms with E-state index < -0.39 is 0 Å². The topological polar surface area (TPSA) is 52.6 Å². The van der Waals surface area contributed by atoms with E-state index in [0.29, 0.717) is 36.9 Å². The maximum atomic E-state index is 12.3. The molecule has 28 heavy (non-hydrogen) atoms. The van der Waals surface area contributed by atoms with E-state index in [1.807, 2.05) is 0 Å². The Labute approximate surface area is 173 Å². The molecule has 1 saturated carbocycles. The molecule has 2 unspecified atom stereocenters.